The van der Waals surface area contributed by atoms with Crippen LogP contribution in [-0.4, -0.2) is 52.1 Å². The van der Waals surface area contributed by atoms with Gasteiger partial charge in [0.05, 0.1) is 0 Å². The van der Waals surface area contributed by atoms with E-state index >= 15 is 0 Å². The van der Waals surface area contributed by atoms with Crippen LogP contribution < -0.4 is 6.15 Å². The van der Waals surface area contributed by atoms with Gasteiger partial charge in [-0.15, -0.1) is 0 Å². The maximum Gasteiger partial charge on any atom is -0.0140 e. The van der Waals surface area contributed by atoms with Gasteiger partial charge in [-0.05, 0) is 42.3 Å². The Hall–Kier alpha value is -0.120. The minimum atomic E-state index is 0. The minimum Gasteiger partial charge on any atom is -0.344 e. The lowest BCUT2D eigenvalue weighted by Gasteiger charge is -1.90. The second-order valence-electron chi connectivity index (χ2n) is 2.68. The van der Waals surface area contributed by atoms with Crippen molar-refractivity contribution in [3.8, 4) is 0 Å². The quantitative estimate of drug-likeness (QED) is 0.526. The van der Waals surface area contributed by atoms with Crippen LogP contribution in [0, 0.1) is 0 Å². The van der Waals surface area contributed by atoms with Gasteiger partial charge >= 0.3 is 0 Å². The molecule has 0 rings (SSSR count). The summed E-state index contributed by atoms with van der Waals surface area (Å²) < 4.78 is 0. The molecular weight excluding hydrogens is 114 g/mol. The minimum absolute atomic E-state index is 0. The summed E-state index contributed by atoms with van der Waals surface area (Å²) in [6.45, 7) is 0. The second kappa shape index (κ2) is 10.8. The molecule has 0 saturated carbocycles. The number of hydrogen-bond donors (Lipinski definition) is 1. The summed E-state index contributed by atoms with van der Waals surface area (Å²) in [6.07, 6.45) is 0. The smallest absolute Gasteiger partial charge is 0.0140 e. The monoisotopic (exact) mass is 135 g/mol. The first-order valence-electron chi connectivity index (χ1n) is 2.68. The van der Waals surface area contributed by atoms with E-state index < -0.39 is 0 Å². The van der Waals surface area contributed by atoms with Gasteiger partial charge in [-0.2, -0.15) is 0 Å². The number of nitrogens with zero attached hydrogens (tertiary/aromatic N) is 2. The molecule has 0 bridgehead atoms. The molecule has 0 spiro atoms. The molecule has 0 aliphatic carbocycles. The molecule has 0 aromatic rings. The van der Waals surface area contributed by atoms with E-state index in [1.54, 1.807) is 0 Å². The standard InChI is InChI=1S/2C3H9N.H3N/c2*1-4(2)3;/h2*1-3H3;1H3. The zero-order valence-electron chi connectivity index (χ0n) is 7.60. The molecule has 0 aliphatic heterocycles. The Bertz CT molecular complexity index is 23.8. The summed E-state index contributed by atoms with van der Waals surface area (Å²) in [7, 11) is 12.0. The van der Waals surface area contributed by atoms with Crippen LogP contribution in [0.1, 0.15) is 0 Å². The predicted octanol–water partition coefficient (Wildman–Crippen LogP) is 0.518. The van der Waals surface area contributed by atoms with Crippen LogP contribution in [0.3, 0.4) is 0 Å². The molecule has 0 aliphatic rings. The fraction of sp³-hybridized carbons (Fsp3) is 1.00. The van der Waals surface area contributed by atoms with Crippen LogP contribution in [0.15, 0.2) is 0 Å². The first-order chi connectivity index (χ1) is 3.46. The van der Waals surface area contributed by atoms with Gasteiger partial charge in [-0.25, -0.2) is 0 Å². The predicted molar refractivity (Wildman–Crippen MR) is 44.2 cm³/mol. The average molecular weight is 135 g/mol. The first-order valence-corrected chi connectivity index (χ1v) is 2.68. The van der Waals surface area contributed by atoms with Gasteiger partial charge in [0.25, 0.3) is 0 Å². The summed E-state index contributed by atoms with van der Waals surface area (Å²) in [5.41, 5.74) is 0. The first kappa shape index (κ1) is 15.9. The molecule has 0 aromatic heterocycles. The maximum atomic E-state index is 2.00. The Morgan fingerprint density at radius 2 is 0.556 bits per heavy atom. The number of hydrogen-bond acceptors (Lipinski definition) is 3. The van der Waals surface area contributed by atoms with Gasteiger partial charge in [-0.1, -0.05) is 0 Å². The van der Waals surface area contributed by atoms with Gasteiger partial charge in [-0.3, -0.25) is 0 Å². The highest BCUT2D eigenvalue weighted by Crippen LogP contribution is 1.48. The van der Waals surface area contributed by atoms with Crippen LogP contribution in [0.25, 0.3) is 0 Å². The molecule has 0 radical (unpaired) electrons. The van der Waals surface area contributed by atoms with Gasteiger partial charge in [0.15, 0.2) is 0 Å². The highest BCUT2D eigenvalue weighted by Gasteiger charge is 1.58. The van der Waals surface area contributed by atoms with Crippen molar-refractivity contribution in [3.05, 3.63) is 0 Å². The summed E-state index contributed by atoms with van der Waals surface area (Å²) in [6, 6.07) is 0. The van der Waals surface area contributed by atoms with E-state index in [-0.39, 0.29) is 6.15 Å². The molecule has 3 heteroatoms. The van der Waals surface area contributed by atoms with E-state index in [2.05, 4.69) is 0 Å². The highest BCUT2D eigenvalue weighted by molar-refractivity contribution is 4.09. The van der Waals surface area contributed by atoms with Crippen LogP contribution in [-0.2, 0) is 0 Å². The van der Waals surface area contributed by atoms with Crippen LogP contribution in [0.4, 0.5) is 0 Å². The lowest BCUT2D eigenvalue weighted by Crippen LogP contribution is -1.99. The van der Waals surface area contributed by atoms with E-state index in [0.29, 0.717) is 0 Å². The van der Waals surface area contributed by atoms with Crippen molar-refractivity contribution in [1.29, 1.82) is 0 Å². The third kappa shape index (κ3) is 18900. The largest absolute Gasteiger partial charge is 0.344 e. The molecule has 3 nitrogen and oxygen atoms in total. The fourth-order valence-electron chi connectivity index (χ4n) is 0. The molecule has 0 aromatic carbocycles. The Morgan fingerprint density at radius 1 is 0.556 bits per heavy atom. The van der Waals surface area contributed by atoms with E-state index in [1.165, 1.54) is 0 Å². The van der Waals surface area contributed by atoms with Crippen molar-refractivity contribution >= 4 is 0 Å². The van der Waals surface area contributed by atoms with Crippen molar-refractivity contribution in [2.45, 2.75) is 0 Å². The maximum absolute atomic E-state index is 2.00. The summed E-state index contributed by atoms with van der Waals surface area (Å²) in [5, 5.41) is 0. The van der Waals surface area contributed by atoms with Crippen molar-refractivity contribution < 1.29 is 0 Å². The Kier molecular flexibility index (Phi) is 19.1. The van der Waals surface area contributed by atoms with E-state index in [0.717, 1.165) is 0 Å². The lowest BCUT2D eigenvalue weighted by atomic mass is 11.0. The van der Waals surface area contributed by atoms with Crippen LogP contribution in [0.5, 0.6) is 0 Å². The summed E-state index contributed by atoms with van der Waals surface area (Å²) >= 11 is 0. The number of rotatable bonds is 0. The second-order valence-corrected chi connectivity index (χ2v) is 2.68. The molecule has 9 heavy (non-hydrogen) atoms. The molecule has 0 atom stereocenters. The molecule has 0 amide bonds. The zero-order chi connectivity index (χ0) is 7.15. The molecule has 3 N–H and O–H groups in total. The van der Waals surface area contributed by atoms with E-state index in [1.807, 2.05) is 52.1 Å². The van der Waals surface area contributed by atoms with Gasteiger partial charge in [0, 0.05) is 0 Å². The van der Waals surface area contributed by atoms with Crippen molar-refractivity contribution in [2.24, 2.45) is 0 Å². The average Bonchev–Trinajstić information content (AvgIpc) is 1.25. The molecule has 0 heterocycles. The molecule has 0 unspecified atom stereocenters. The Morgan fingerprint density at radius 3 is 0.556 bits per heavy atom. The van der Waals surface area contributed by atoms with E-state index in [9.17, 15) is 0 Å². The topological polar surface area (TPSA) is 41.5 Å². The third-order valence-electron chi connectivity index (χ3n) is 0. The molecule has 60 valence electrons. The zero-order valence-corrected chi connectivity index (χ0v) is 7.60. The highest BCUT2D eigenvalue weighted by atomic mass is 15.0. The molecular formula is C6H21N3. The Labute approximate surface area is 59.2 Å². The summed E-state index contributed by atoms with van der Waals surface area (Å²) in [5.74, 6) is 0. The lowest BCUT2D eigenvalue weighted by molar-refractivity contribution is 0.505. The normalized spacial score (nSPS) is 8.00. The van der Waals surface area contributed by atoms with E-state index in [4.69, 9.17) is 0 Å². The van der Waals surface area contributed by atoms with Crippen LogP contribution in [0.2, 0.25) is 0 Å². The molecule has 0 saturated heterocycles. The fourth-order valence-corrected chi connectivity index (χ4v) is 0. The summed E-state index contributed by atoms with van der Waals surface area (Å²) in [4.78, 5) is 4.00. The van der Waals surface area contributed by atoms with Crippen molar-refractivity contribution in [2.75, 3.05) is 42.3 Å². The molecule has 0 fully saturated rings. The van der Waals surface area contributed by atoms with Gasteiger partial charge < -0.3 is 16.0 Å². The van der Waals surface area contributed by atoms with Crippen molar-refractivity contribution in [1.82, 2.24) is 16.0 Å². The SMILES string of the molecule is CN(C)C.CN(C)C.N. The van der Waals surface area contributed by atoms with Crippen molar-refractivity contribution in [3.63, 3.8) is 0 Å². The Balaban J connectivity index is -0.0000000720. The van der Waals surface area contributed by atoms with Gasteiger partial charge in [0.2, 0.25) is 0 Å². The van der Waals surface area contributed by atoms with Crippen LogP contribution >= 0.6 is 0 Å². The third-order valence-corrected chi connectivity index (χ3v) is 0. The van der Waals surface area contributed by atoms with Gasteiger partial charge in [0.1, 0.15) is 0 Å².